The van der Waals surface area contributed by atoms with E-state index in [1.54, 1.807) is 26.0 Å². The molecule has 98 valence electrons. The van der Waals surface area contributed by atoms with E-state index in [1.165, 1.54) is 18.0 Å². The standard InChI is InChI=1S/C13H17NO4/c1-4-18-11(15)8-14(3)13(17)10-7-5-6-9(2)12(10)16/h5-7,16H,4,8H2,1-3H3. The lowest BCUT2D eigenvalue weighted by Crippen LogP contribution is -2.33. The van der Waals surface area contributed by atoms with E-state index in [9.17, 15) is 14.7 Å². The first-order chi connectivity index (χ1) is 8.47. The molecule has 1 rings (SSSR count). The smallest absolute Gasteiger partial charge is 0.325 e. The predicted octanol–water partition coefficient (Wildman–Crippen LogP) is 1.34. The molecule has 0 aliphatic rings. The molecule has 0 radical (unpaired) electrons. The normalized spacial score (nSPS) is 9.94. The zero-order valence-corrected chi connectivity index (χ0v) is 10.8. The molecule has 0 saturated carbocycles. The molecule has 0 heterocycles. The largest absolute Gasteiger partial charge is 0.507 e. The van der Waals surface area contributed by atoms with Crippen LogP contribution in [0.1, 0.15) is 22.8 Å². The van der Waals surface area contributed by atoms with Crippen LogP contribution < -0.4 is 0 Å². The van der Waals surface area contributed by atoms with Gasteiger partial charge in [0.1, 0.15) is 12.3 Å². The highest BCUT2D eigenvalue weighted by atomic mass is 16.5. The van der Waals surface area contributed by atoms with Crippen LogP contribution in [-0.4, -0.2) is 42.1 Å². The number of aromatic hydroxyl groups is 1. The molecule has 0 unspecified atom stereocenters. The molecule has 0 bridgehead atoms. The summed E-state index contributed by atoms with van der Waals surface area (Å²) >= 11 is 0. The summed E-state index contributed by atoms with van der Waals surface area (Å²) in [6.45, 7) is 3.54. The van der Waals surface area contributed by atoms with Crippen molar-refractivity contribution in [1.82, 2.24) is 4.90 Å². The van der Waals surface area contributed by atoms with Crippen molar-refractivity contribution in [2.24, 2.45) is 0 Å². The highest BCUT2D eigenvalue weighted by molar-refractivity contribution is 5.98. The Morgan fingerprint density at radius 1 is 1.39 bits per heavy atom. The molecule has 0 saturated heterocycles. The Morgan fingerprint density at radius 3 is 2.67 bits per heavy atom. The summed E-state index contributed by atoms with van der Waals surface area (Å²) in [5, 5.41) is 9.79. The molecule has 1 aromatic carbocycles. The molecular formula is C13H17NO4. The van der Waals surface area contributed by atoms with E-state index in [0.29, 0.717) is 5.56 Å². The van der Waals surface area contributed by atoms with Crippen LogP contribution in [-0.2, 0) is 9.53 Å². The van der Waals surface area contributed by atoms with Gasteiger partial charge in [-0.25, -0.2) is 0 Å². The number of hydrogen-bond donors (Lipinski definition) is 1. The second-order valence-corrected chi connectivity index (χ2v) is 3.94. The van der Waals surface area contributed by atoms with Gasteiger partial charge in [0, 0.05) is 7.05 Å². The van der Waals surface area contributed by atoms with Crippen molar-refractivity contribution in [3.05, 3.63) is 29.3 Å². The van der Waals surface area contributed by atoms with Crippen molar-refractivity contribution in [3.8, 4) is 5.75 Å². The Morgan fingerprint density at radius 2 is 2.06 bits per heavy atom. The fraction of sp³-hybridized carbons (Fsp3) is 0.385. The lowest BCUT2D eigenvalue weighted by atomic mass is 10.1. The SMILES string of the molecule is CCOC(=O)CN(C)C(=O)c1cccc(C)c1O. The molecule has 1 amide bonds. The Hall–Kier alpha value is -2.04. The zero-order valence-electron chi connectivity index (χ0n) is 10.8. The number of hydrogen-bond acceptors (Lipinski definition) is 4. The number of aryl methyl sites for hydroxylation is 1. The van der Waals surface area contributed by atoms with Gasteiger partial charge in [-0.1, -0.05) is 12.1 Å². The molecule has 5 heteroatoms. The summed E-state index contributed by atoms with van der Waals surface area (Å²) in [4.78, 5) is 24.5. The second-order valence-electron chi connectivity index (χ2n) is 3.94. The minimum atomic E-state index is -0.472. The van der Waals surface area contributed by atoms with Gasteiger partial charge in [-0.3, -0.25) is 9.59 Å². The molecule has 18 heavy (non-hydrogen) atoms. The van der Waals surface area contributed by atoms with Gasteiger partial charge < -0.3 is 14.7 Å². The number of phenolic OH excluding ortho intramolecular Hbond substituents is 1. The van der Waals surface area contributed by atoms with Crippen LogP contribution in [0, 0.1) is 6.92 Å². The van der Waals surface area contributed by atoms with E-state index >= 15 is 0 Å². The van der Waals surface area contributed by atoms with Gasteiger partial charge >= 0.3 is 5.97 Å². The summed E-state index contributed by atoms with van der Waals surface area (Å²) in [7, 11) is 1.49. The molecule has 0 fully saturated rings. The van der Waals surface area contributed by atoms with Gasteiger partial charge in [-0.15, -0.1) is 0 Å². The van der Waals surface area contributed by atoms with E-state index < -0.39 is 11.9 Å². The summed E-state index contributed by atoms with van der Waals surface area (Å²) in [5.74, 6) is -0.942. The van der Waals surface area contributed by atoms with Gasteiger partial charge in [0.15, 0.2) is 0 Å². The first kappa shape index (κ1) is 14.0. The molecule has 1 N–H and O–H groups in total. The van der Waals surface area contributed by atoms with Crippen molar-refractivity contribution >= 4 is 11.9 Å². The van der Waals surface area contributed by atoms with Gasteiger partial charge in [0.05, 0.1) is 12.2 Å². The number of carbonyl (C=O) groups excluding carboxylic acids is 2. The lowest BCUT2D eigenvalue weighted by Gasteiger charge is -2.17. The van der Waals surface area contributed by atoms with Crippen molar-refractivity contribution < 1.29 is 19.4 Å². The topological polar surface area (TPSA) is 66.8 Å². The number of likely N-dealkylation sites (N-methyl/N-ethyl adjacent to an activating group) is 1. The third-order valence-electron chi connectivity index (χ3n) is 2.49. The van der Waals surface area contributed by atoms with Gasteiger partial charge in [0.2, 0.25) is 0 Å². The van der Waals surface area contributed by atoms with Crippen LogP contribution in [0.5, 0.6) is 5.75 Å². The number of esters is 1. The van der Waals surface area contributed by atoms with E-state index in [0.717, 1.165) is 0 Å². The Labute approximate surface area is 106 Å². The summed E-state index contributed by atoms with van der Waals surface area (Å²) in [5.41, 5.74) is 0.798. The van der Waals surface area contributed by atoms with Crippen LogP contribution in [0.4, 0.5) is 0 Å². The van der Waals surface area contributed by atoms with Crippen molar-refractivity contribution in [3.63, 3.8) is 0 Å². The maximum absolute atomic E-state index is 12.0. The number of benzene rings is 1. The maximum Gasteiger partial charge on any atom is 0.325 e. The average molecular weight is 251 g/mol. The quantitative estimate of drug-likeness (QED) is 0.820. The zero-order chi connectivity index (χ0) is 13.7. The Kier molecular flexibility index (Phi) is 4.71. The van der Waals surface area contributed by atoms with Crippen molar-refractivity contribution in [1.29, 1.82) is 0 Å². The van der Waals surface area contributed by atoms with Crippen LogP contribution in [0.2, 0.25) is 0 Å². The van der Waals surface area contributed by atoms with E-state index in [-0.39, 0.29) is 24.5 Å². The molecule has 0 aliphatic carbocycles. The summed E-state index contributed by atoms with van der Waals surface area (Å²) in [6, 6.07) is 4.91. The molecular weight excluding hydrogens is 234 g/mol. The number of rotatable bonds is 4. The highest BCUT2D eigenvalue weighted by Crippen LogP contribution is 2.22. The molecule has 5 nitrogen and oxygen atoms in total. The van der Waals surface area contributed by atoms with Gasteiger partial charge in [-0.05, 0) is 25.5 Å². The number of ether oxygens (including phenoxy) is 1. The third kappa shape index (κ3) is 3.23. The van der Waals surface area contributed by atoms with E-state index in [1.807, 2.05) is 0 Å². The molecule has 0 aromatic heterocycles. The molecule has 1 aromatic rings. The monoisotopic (exact) mass is 251 g/mol. The second kappa shape index (κ2) is 6.05. The van der Waals surface area contributed by atoms with E-state index in [4.69, 9.17) is 4.74 Å². The Balaban J connectivity index is 2.81. The fourth-order valence-corrected chi connectivity index (χ4v) is 1.51. The maximum atomic E-state index is 12.0. The summed E-state index contributed by atoms with van der Waals surface area (Å²) in [6.07, 6.45) is 0. The third-order valence-corrected chi connectivity index (χ3v) is 2.49. The highest BCUT2D eigenvalue weighted by Gasteiger charge is 2.19. The minimum absolute atomic E-state index is 0.0572. The van der Waals surface area contributed by atoms with Crippen LogP contribution >= 0.6 is 0 Å². The van der Waals surface area contributed by atoms with Gasteiger partial charge in [-0.2, -0.15) is 0 Å². The first-order valence-corrected chi connectivity index (χ1v) is 5.67. The number of nitrogens with zero attached hydrogens (tertiary/aromatic N) is 1. The number of phenols is 1. The first-order valence-electron chi connectivity index (χ1n) is 5.67. The molecule has 0 spiro atoms. The molecule has 0 aliphatic heterocycles. The van der Waals surface area contributed by atoms with Gasteiger partial charge in [0.25, 0.3) is 5.91 Å². The Bertz CT molecular complexity index is 456. The summed E-state index contributed by atoms with van der Waals surface area (Å²) < 4.78 is 4.76. The number of carbonyl (C=O) groups is 2. The van der Waals surface area contributed by atoms with Crippen LogP contribution in [0.15, 0.2) is 18.2 Å². The van der Waals surface area contributed by atoms with Crippen LogP contribution in [0.3, 0.4) is 0 Å². The molecule has 0 atom stereocenters. The fourth-order valence-electron chi connectivity index (χ4n) is 1.51. The predicted molar refractivity (Wildman–Crippen MR) is 66.4 cm³/mol. The number of para-hydroxylation sites is 1. The number of amides is 1. The minimum Gasteiger partial charge on any atom is -0.507 e. The van der Waals surface area contributed by atoms with Crippen molar-refractivity contribution in [2.45, 2.75) is 13.8 Å². The lowest BCUT2D eigenvalue weighted by molar-refractivity contribution is -0.143. The van der Waals surface area contributed by atoms with E-state index in [2.05, 4.69) is 0 Å². The van der Waals surface area contributed by atoms with Crippen molar-refractivity contribution in [2.75, 3.05) is 20.2 Å². The average Bonchev–Trinajstić information content (AvgIpc) is 2.32. The van der Waals surface area contributed by atoms with Crippen LogP contribution in [0.25, 0.3) is 0 Å².